The van der Waals surface area contributed by atoms with Crippen molar-refractivity contribution in [1.29, 1.82) is 0 Å². The van der Waals surface area contributed by atoms with Gasteiger partial charge in [-0.25, -0.2) is 62.0 Å². The Balaban J connectivity index is 0.000000210. The van der Waals surface area contributed by atoms with E-state index in [4.69, 9.17) is 0 Å². The molecule has 0 saturated heterocycles. The Morgan fingerprint density at radius 3 is 1.16 bits per heavy atom. The molecule has 0 unspecified atom stereocenters. The van der Waals surface area contributed by atoms with Crippen molar-refractivity contribution in [2.45, 2.75) is 59.4 Å². The van der Waals surface area contributed by atoms with Crippen LogP contribution in [0.5, 0.6) is 0 Å². The van der Waals surface area contributed by atoms with Crippen molar-refractivity contribution in [2.75, 3.05) is 0 Å². The lowest BCUT2D eigenvalue weighted by molar-refractivity contribution is 0.921. The van der Waals surface area contributed by atoms with E-state index in [1.165, 1.54) is 28.1 Å². The van der Waals surface area contributed by atoms with Crippen LogP contribution in [-0.4, -0.2) is 134 Å². The quantitative estimate of drug-likeness (QED) is 0.137. The molecule has 0 aliphatic carbocycles. The highest BCUT2D eigenvalue weighted by molar-refractivity contribution is 5.82. The maximum atomic E-state index is 4.10. The molecule has 0 aliphatic heterocycles. The van der Waals surface area contributed by atoms with Crippen LogP contribution in [0.1, 0.15) is 59.4 Å². The Kier molecular flexibility index (Phi) is 40.7. The minimum absolute atomic E-state index is 0. The van der Waals surface area contributed by atoms with Crippen LogP contribution < -0.4 is 0 Å². The van der Waals surface area contributed by atoms with Crippen molar-refractivity contribution in [1.82, 2.24) is 134 Å². The second kappa shape index (κ2) is 52.6. The zero-order valence-electron chi connectivity index (χ0n) is 63.4. The van der Waals surface area contributed by atoms with E-state index in [9.17, 15) is 0 Å². The fourth-order valence-corrected chi connectivity index (χ4v) is 11.2. The monoisotopic (exact) mass is 1680 g/mol. The van der Waals surface area contributed by atoms with E-state index in [0.717, 1.165) is 55.8 Å². The number of aromatic nitrogens is 28. The van der Waals surface area contributed by atoms with Crippen LogP contribution in [0.15, 0.2) is 466 Å². The van der Waals surface area contributed by atoms with Gasteiger partial charge in [0.05, 0.1) is 71.1 Å². The number of hydrogen-bond donors (Lipinski definition) is 0. The number of fused-ring (bicyclic) bond motifs is 13. The largest absolute Gasteiger partial charge is 0.324 e. The van der Waals surface area contributed by atoms with Crippen LogP contribution in [0.3, 0.4) is 0 Å². The molecule has 0 atom stereocenters. The van der Waals surface area contributed by atoms with Crippen LogP contribution in [0.25, 0.3) is 77.6 Å². The summed E-state index contributed by atoms with van der Waals surface area (Å²) in [5.74, 6) is 0. The first-order valence-electron chi connectivity index (χ1n) is 37.0. The second-order valence-corrected chi connectivity index (χ2v) is 24.7. The van der Waals surface area contributed by atoms with E-state index in [1.807, 2.05) is 318 Å². The third-order valence-corrected chi connectivity index (χ3v) is 16.9. The molecule has 26 aromatic rings. The van der Waals surface area contributed by atoms with Crippen molar-refractivity contribution in [3.05, 3.63) is 466 Å². The van der Waals surface area contributed by atoms with Crippen LogP contribution in [0.4, 0.5) is 0 Å². The van der Waals surface area contributed by atoms with Crippen molar-refractivity contribution < 1.29 is 0 Å². The summed E-state index contributed by atoms with van der Waals surface area (Å²) < 4.78 is 22.5. The van der Waals surface area contributed by atoms with E-state index >= 15 is 0 Å². The highest BCUT2D eigenvalue weighted by Crippen LogP contribution is 2.12. The third kappa shape index (κ3) is 28.4. The number of rotatable bonds is 0. The highest BCUT2D eigenvalue weighted by atomic mass is 15.3. The Hall–Kier alpha value is -17.3. The summed E-state index contributed by atoms with van der Waals surface area (Å²) in [6.07, 6.45) is 65.9. The van der Waals surface area contributed by atoms with Crippen LogP contribution in [-0.2, 0) is 0 Å². The molecular formula is C98H108N28. The summed E-state index contributed by atoms with van der Waals surface area (Å²) >= 11 is 0. The number of pyridine rings is 4. The molecule has 0 aliphatic rings. The first-order chi connectivity index (χ1) is 58.6. The summed E-state index contributed by atoms with van der Waals surface area (Å²) in [5.41, 5.74) is 12.6. The fourth-order valence-electron chi connectivity index (χ4n) is 11.2. The first-order valence-corrected chi connectivity index (χ1v) is 37.0. The molecule has 24 aromatic heterocycles. The summed E-state index contributed by atoms with van der Waals surface area (Å²) in [6.45, 7) is 0. The lowest BCUT2D eigenvalue weighted by atomic mass is 10.1. The summed E-state index contributed by atoms with van der Waals surface area (Å²) in [7, 11) is 0. The number of imidazole rings is 2. The Morgan fingerprint density at radius 2 is 0.516 bits per heavy atom. The molecule has 2 aromatic carbocycles. The molecule has 28 nitrogen and oxygen atoms in total. The Morgan fingerprint density at radius 1 is 0.159 bits per heavy atom. The zero-order chi connectivity index (χ0) is 80.1. The van der Waals surface area contributed by atoms with Crippen molar-refractivity contribution in [2.24, 2.45) is 0 Å². The average molecular weight is 1680 g/mol. The summed E-state index contributed by atoms with van der Waals surface area (Å²) in [6, 6.07) is 79.9. The van der Waals surface area contributed by atoms with Crippen molar-refractivity contribution in [3.63, 3.8) is 0 Å². The molecule has 28 heteroatoms. The van der Waals surface area contributed by atoms with Crippen LogP contribution in [0, 0.1) is 0 Å². The summed E-state index contributed by atoms with van der Waals surface area (Å²) in [4.78, 5) is 39.8. The highest BCUT2D eigenvalue weighted by Gasteiger charge is 1.96. The Labute approximate surface area is 733 Å². The van der Waals surface area contributed by atoms with E-state index in [2.05, 4.69) is 145 Å². The molecule has 0 spiro atoms. The molecule has 0 radical (unpaired) electrons. The normalized spacial score (nSPS) is 9.56. The standard InChI is InChI=1S/C10H8.C8H7N.6C7H6N2.5C6H5N3.8CH4/c1-2-6-10-8-4-3-7-9(10)5-1;1-2-6-9-7-3-5-8(9)4-1;1-3-7-8-4-2-6-9(7)5-1;1-3-7-4-2-6-9(7)8-5-1;1-2-7-3-4-8-6-9(7)5-1;1-2-7-6-8-3-5-9(7)4-1;1-2-6-9-7(3-1)4-5-8-9;1-2-5-9-6-4-8-7(9)3-1;1-3-9-4-2-8-6(9)5-7-1;1-3-7-5-9-6(1)2-4-8-9;1-3-7-6-2-4-8-9(6)5-1;1-2-8-9-4-3-7-5-6(1)9;1-2-4-9-6(3-1)7-5-8-9;;;;;;;;/h1-8H;1-7H;6*1-6H;5*1-5H;8*1H4. The fraction of sp³-hybridized carbons (Fsp3) is 0.0816. The molecule has 0 saturated carbocycles. The number of nitrogens with zero attached hydrogens (tertiary/aromatic N) is 28. The second-order valence-electron chi connectivity index (χ2n) is 24.7. The number of benzene rings is 2. The topological polar surface area (TPSA) is 259 Å². The van der Waals surface area contributed by atoms with Crippen LogP contribution >= 0.6 is 0 Å². The van der Waals surface area contributed by atoms with Gasteiger partial charge in [0.25, 0.3) is 0 Å². The van der Waals surface area contributed by atoms with Gasteiger partial charge in [0, 0.05) is 184 Å². The van der Waals surface area contributed by atoms with E-state index in [0.29, 0.717) is 0 Å². The maximum absolute atomic E-state index is 4.10. The predicted octanol–water partition coefficient (Wildman–Crippen LogP) is 21.5. The first kappa shape index (κ1) is 97.5. The van der Waals surface area contributed by atoms with Gasteiger partial charge in [-0.15, -0.1) is 0 Å². The zero-order valence-corrected chi connectivity index (χ0v) is 63.4. The molecule has 0 amide bonds. The molecule has 24 heterocycles. The molecule has 640 valence electrons. The van der Waals surface area contributed by atoms with Gasteiger partial charge in [-0.3, -0.25) is 15.0 Å². The molecule has 0 fully saturated rings. The van der Waals surface area contributed by atoms with Crippen molar-refractivity contribution >= 4 is 77.6 Å². The van der Waals surface area contributed by atoms with Gasteiger partial charge in [-0.1, -0.05) is 132 Å². The third-order valence-electron chi connectivity index (χ3n) is 16.9. The minimum atomic E-state index is 0. The average Bonchev–Trinajstić information content (AvgIpc) is 1.62. The van der Waals surface area contributed by atoms with E-state index in [1.54, 1.807) is 130 Å². The van der Waals surface area contributed by atoms with Gasteiger partial charge >= 0.3 is 0 Å². The van der Waals surface area contributed by atoms with Gasteiger partial charge in [-0.05, 0) is 175 Å². The lowest BCUT2D eigenvalue weighted by Gasteiger charge is -1.92. The minimum Gasteiger partial charge on any atom is -0.324 e. The molecule has 0 bridgehead atoms. The van der Waals surface area contributed by atoms with Gasteiger partial charge in [0.15, 0.2) is 16.9 Å². The van der Waals surface area contributed by atoms with Crippen LogP contribution in [0.2, 0.25) is 0 Å². The van der Waals surface area contributed by atoms with Gasteiger partial charge in [0.1, 0.15) is 23.9 Å². The molecule has 126 heavy (non-hydrogen) atoms. The summed E-state index contributed by atoms with van der Waals surface area (Å²) in [5, 5.41) is 26.6. The number of hydrogen-bond acceptors (Lipinski definition) is 16. The predicted molar refractivity (Wildman–Crippen MR) is 511 cm³/mol. The van der Waals surface area contributed by atoms with Crippen molar-refractivity contribution in [3.8, 4) is 0 Å². The maximum Gasteiger partial charge on any atom is 0.155 e. The van der Waals surface area contributed by atoms with E-state index in [-0.39, 0.29) is 59.4 Å². The van der Waals surface area contributed by atoms with Gasteiger partial charge < -0.3 is 26.4 Å². The lowest BCUT2D eigenvalue weighted by Crippen LogP contribution is -1.85. The molecule has 0 N–H and O–H groups in total. The van der Waals surface area contributed by atoms with Gasteiger partial charge in [0.2, 0.25) is 0 Å². The Bertz CT molecular complexity index is 5430. The SMILES string of the molecule is C.C.C.C.C.C.C.C.c1cc2ccncn2c1.c1cc2ccnn2cn1.c1cc2cnccn2c1.c1ccc2ccccc2c1.c1ccn2cccc2c1.c1ccn2ccnc2c1.c1ccn2nccc2c1.c1ccn2ncnc2c1.c1cn2ccnc2cn1.c1cn2nccc2cn1.c1cnc2cccn2c1.c1cnc2ccnn2c1.c1cnn2cccc2c1. The van der Waals surface area contributed by atoms with E-state index < -0.39 is 0 Å². The smallest absolute Gasteiger partial charge is 0.155 e. The molecular weight excluding hydrogens is 1570 g/mol. The molecule has 26 rings (SSSR count). The van der Waals surface area contributed by atoms with Gasteiger partial charge in [-0.2, -0.15) is 30.6 Å².